The molecule has 3 aromatic heterocycles. The molecule has 0 aliphatic carbocycles. The van der Waals surface area contributed by atoms with Crippen LogP contribution in [0.5, 0.6) is 0 Å². The van der Waals surface area contributed by atoms with Crippen molar-refractivity contribution in [3.63, 3.8) is 0 Å². The topological polar surface area (TPSA) is 81.7 Å². The third kappa shape index (κ3) is 3.12. The van der Waals surface area contributed by atoms with Gasteiger partial charge in [-0.25, -0.2) is 14.4 Å². The van der Waals surface area contributed by atoms with Gasteiger partial charge in [-0.2, -0.15) is 10.2 Å². The lowest BCUT2D eigenvalue weighted by Crippen LogP contribution is -2.39. The maximum atomic E-state index is 14.7. The molecule has 1 atom stereocenters. The lowest BCUT2D eigenvalue weighted by molar-refractivity contribution is -0.130. The highest BCUT2D eigenvalue weighted by Gasteiger charge is 2.28. The van der Waals surface area contributed by atoms with Crippen molar-refractivity contribution >= 4 is 16.9 Å². The van der Waals surface area contributed by atoms with Gasteiger partial charge in [-0.1, -0.05) is 12.1 Å². The van der Waals surface area contributed by atoms with Crippen LogP contribution in [0.15, 0.2) is 48.9 Å². The first-order valence-corrected chi connectivity index (χ1v) is 9.87. The zero-order chi connectivity index (χ0) is 20.7. The molecule has 0 spiro atoms. The van der Waals surface area contributed by atoms with E-state index in [1.54, 1.807) is 43.7 Å². The highest BCUT2D eigenvalue weighted by Crippen LogP contribution is 2.34. The van der Waals surface area contributed by atoms with Crippen LogP contribution in [0.4, 0.5) is 4.39 Å². The fourth-order valence-corrected chi connectivity index (χ4v) is 4.09. The van der Waals surface area contributed by atoms with E-state index in [4.69, 9.17) is 4.98 Å². The van der Waals surface area contributed by atoms with E-state index in [1.807, 2.05) is 15.5 Å². The molecule has 4 heterocycles. The van der Waals surface area contributed by atoms with E-state index in [2.05, 4.69) is 15.2 Å². The van der Waals surface area contributed by atoms with Crippen molar-refractivity contribution in [2.75, 3.05) is 13.1 Å². The summed E-state index contributed by atoms with van der Waals surface area (Å²) >= 11 is 0. The Hall–Kier alpha value is -3.62. The Morgan fingerprint density at radius 2 is 2.00 bits per heavy atom. The quantitative estimate of drug-likeness (QED) is 0.523. The van der Waals surface area contributed by atoms with Gasteiger partial charge < -0.3 is 9.47 Å². The summed E-state index contributed by atoms with van der Waals surface area (Å²) in [5.41, 5.74) is 1.89. The van der Waals surface area contributed by atoms with Crippen LogP contribution in [0.1, 0.15) is 25.8 Å². The molecule has 1 fully saturated rings. The highest BCUT2D eigenvalue weighted by atomic mass is 19.1. The first kappa shape index (κ1) is 18.4. The van der Waals surface area contributed by atoms with Crippen LogP contribution in [0, 0.1) is 5.82 Å². The minimum Gasteiger partial charge on any atom is -0.341 e. The monoisotopic (exact) mass is 405 g/mol. The molecule has 30 heavy (non-hydrogen) atoms. The van der Waals surface area contributed by atoms with E-state index in [9.17, 15) is 9.18 Å². The van der Waals surface area contributed by atoms with Gasteiger partial charge in [0.05, 0.1) is 35.7 Å². The molecule has 4 aromatic rings. The summed E-state index contributed by atoms with van der Waals surface area (Å²) in [5.74, 6) is 0.786. The Morgan fingerprint density at radius 3 is 2.77 bits per heavy atom. The molecule has 1 saturated heterocycles. The molecular formula is C21H20FN7O. The van der Waals surface area contributed by atoms with Crippen LogP contribution >= 0.6 is 0 Å². The predicted octanol–water partition coefficient (Wildman–Crippen LogP) is 3.00. The summed E-state index contributed by atoms with van der Waals surface area (Å²) in [6.45, 7) is 2.87. The number of amides is 1. The molecule has 0 unspecified atom stereocenters. The largest absolute Gasteiger partial charge is 0.341 e. The number of halogens is 1. The molecule has 9 heteroatoms. The number of hydrogen-bond donors (Lipinski definition) is 0. The number of carbonyl (C=O) groups is 1. The number of rotatable bonds is 3. The maximum Gasteiger partial charge on any atom is 0.219 e. The molecule has 1 aromatic carbocycles. The van der Waals surface area contributed by atoms with Crippen molar-refractivity contribution in [2.45, 2.75) is 25.8 Å². The van der Waals surface area contributed by atoms with Gasteiger partial charge in [0.1, 0.15) is 17.2 Å². The van der Waals surface area contributed by atoms with Crippen LogP contribution in [0.25, 0.3) is 28.2 Å². The van der Waals surface area contributed by atoms with Crippen molar-refractivity contribution in [3.8, 4) is 17.2 Å². The fraction of sp³-hybridized carbons (Fsp3) is 0.286. The molecule has 0 bridgehead atoms. The Bertz CT molecular complexity index is 1220. The zero-order valence-electron chi connectivity index (χ0n) is 16.4. The molecule has 5 rings (SSSR count). The summed E-state index contributed by atoms with van der Waals surface area (Å²) in [5, 5.41) is 8.30. The van der Waals surface area contributed by atoms with Crippen LogP contribution in [0.2, 0.25) is 0 Å². The normalized spacial score (nSPS) is 16.9. The Morgan fingerprint density at radius 1 is 1.20 bits per heavy atom. The van der Waals surface area contributed by atoms with Crippen LogP contribution in [-0.4, -0.2) is 53.4 Å². The number of aromatic nitrogens is 6. The number of likely N-dealkylation sites (tertiary alicyclic amines) is 1. The number of pyridine rings is 1. The number of piperidine rings is 1. The molecule has 8 nitrogen and oxygen atoms in total. The Kier molecular flexibility index (Phi) is 4.50. The number of fused-ring (bicyclic) bond motifs is 1. The molecule has 0 N–H and O–H groups in total. The maximum absolute atomic E-state index is 14.7. The second kappa shape index (κ2) is 7.33. The van der Waals surface area contributed by atoms with Crippen molar-refractivity contribution in [3.05, 3.63) is 54.7 Å². The van der Waals surface area contributed by atoms with Crippen LogP contribution in [0.3, 0.4) is 0 Å². The molecule has 0 saturated carbocycles. The first-order chi connectivity index (χ1) is 14.6. The van der Waals surface area contributed by atoms with Gasteiger partial charge in [-0.3, -0.25) is 4.79 Å². The summed E-state index contributed by atoms with van der Waals surface area (Å²) in [4.78, 5) is 24.4. The van der Waals surface area contributed by atoms with E-state index in [0.29, 0.717) is 29.3 Å². The van der Waals surface area contributed by atoms with Gasteiger partial charge in [-0.15, -0.1) is 4.80 Å². The average molecular weight is 405 g/mol. The predicted molar refractivity (Wildman–Crippen MR) is 108 cm³/mol. The van der Waals surface area contributed by atoms with Crippen molar-refractivity contribution in [1.82, 2.24) is 34.4 Å². The van der Waals surface area contributed by atoms with Gasteiger partial charge in [0.15, 0.2) is 5.82 Å². The molecule has 0 radical (unpaired) electrons. The summed E-state index contributed by atoms with van der Waals surface area (Å²) in [6.07, 6.45) is 6.56. The third-order valence-corrected chi connectivity index (χ3v) is 5.51. The van der Waals surface area contributed by atoms with Crippen LogP contribution in [-0.2, 0) is 4.79 Å². The number of nitrogens with zero attached hydrogens (tertiary/aromatic N) is 7. The summed E-state index contributed by atoms with van der Waals surface area (Å²) in [6, 6.07) is 8.44. The van der Waals surface area contributed by atoms with Crippen molar-refractivity contribution in [2.24, 2.45) is 0 Å². The number of imidazole rings is 1. The minimum absolute atomic E-state index is 0.0249. The minimum atomic E-state index is -0.338. The van der Waals surface area contributed by atoms with E-state index < -0.39 is 0 Å². The standard InChI is InChI=1S/C21H20FN7O/c1-14(30)27-10-4-5-15(13-27)28-19-11-20(29-24-8-9-25-29)23-12-18(19)26-21(28)16-6-2-3-7-17(16)22/h2-3,6-9,11-12,15H,4-5,10,13H2,1H3/t15-/m1/s1. The zero-order valence-corrected chi connectivity index (χ0v) is 16.4. The molecule has 1 amide bonds. The summed E-state index contributed by atoms with van der Waals surface area (Å²) < 4.78 is 16.7. The van der Waals surface area contributed by atoms with Gasteiger partial charge in [0.25, 0.3) is 0 Å². The van der Waals surface area contributed by atoms with Gasteiger partial charge in [-0.05, 0) is 25.0 Å². The second-order valence-corrected chi connectivity index (χ2v) is 7.40. The number of hydrogen-bond acceptors (Lipinski definition) is 5. The van der Waals surface area contributed by atoms with Gasteiger partial charge in [0.2, 0.25) is 5.91 Å². The van der Waals surface area contributed by atoms with E-state index in [0.717, 1.165) is 24.9 Å². The SMILES string of the molecule is CC(=O)N1CCC[C@@H](n2c(-c3ccccc3F)nc3cnc(-n4nccn4)cc32)C1. The third-order valence-electron chi connectivity index (χ3n) is 5.51. The first-order valence-electron chi connectivity index (χ1n) is 9.87. The van der Waals surface area contributed by atoms with Crippen molar-refractivity contribution < 1.29 is 9.18 Å². The van der Waals surface area contributed by atoms with Gasteiger partial charge in [0, 0.05) is 26.1 Å². The molecule has 152 valence electrons. The summed E-state index contributed by atoms with van der Waals surface area (Å²) in [7, 11) is 0. The molecule has 1 aliphatic heterocycles. The Balaban J connectivity index is 1.71. The fourth-order valence-electron chi connectivity index (χ4n) is 4.09. The van der Waals surface area contributed by atoms with Gasteiger partial charge >= 0.3 is 0 Å². The number of carbonyl (C=O) groups excluding carboxylic acids is 1. The highest BCUT2D eigenvalue weighted by molar-refractivity contribution is 5.81. The number of benzene rings is 1. The van der Waals surface area contributed by atoms with Crippen LogP contribution < -0.4 is 0 Å². The molecule has 1 aliphatic rings. The second-order valence-electron chi connectivity index (χ2n) is 7.40. The van der Waals surface area contributed by atoms with E-state index in [-0.39, 0.29) is 17.8 Å². The lowest BCUT2D eigenvalue weighted by atomic mass is 10.0. The average Bonchev–Trinajstić information content (AvgIpc) is 3.42. The smallest absolute Gasteiger partial charge is 0.219 e. The lowest BCUT2D eigenvalue weighted by Gasteiger charge is -2.34. The Labute approximate surface area is 172 Å². The van der Waals surface area contributed by atoms with E-state index in [1.165, 1.54) is 10.9 Å². The molecular weight excluding hydrogens is 385 g/mol. The van der Waals surface area contributed by atoms with E-state index >= 15 is 0 Å². The van der Waals surface area contributed by atoms with Crippen molar-refractivity contribution in [1.29, 1.82) is 0 Å².